The molecule has 0 radical (unpaired) electrons. The number of hydrogen-bond donors (Lipinski definition) is 1. The Hall–Kier alpha value is -1.98. The van der Waals surface area contributed by atoms with Crippen LogP contribution in [0, 0.1) is 16.0 Å². The van der Waals surface area contributed by atoms with Crippen LogP contribution in [0.3, 0.4) is 0 Å². The SMILES string of the molecule is COc1ccc(N[C@@H](CC(C)C)C[N+](=O)[O-])c(OC)c1. The molecule has 0 heterocycles. The molecule has 20 heavy (non-hydrogen) atoms. The molecule has 0 spiro atoms. The molecule has 0 aliphatic heterocycles. The van der Waals surface area contributed by atoms with Crippen LogP contribution in [0.4, 0.5) is 5.69 Å². The quantitative estimate of drug-likeness (QED) is 0.586. The van der Waals surface area contributed by atoms with Crippen molar-refractivity contribution in [2.75, 3.05) is 26.1 Å². The molecular formula is C14H22N2O4. The maximum atomic E-state index is 10.8. The van der Waals surface area contributed by atoms with Crippen LogP contribution in [0.2, 0.25) is 0 Å². The summed E-state index contributed by atoms with van der Waals surface area (Å²) in [6.07, 6.45) is 0.718. The van der Waals surface area contributed by atoms with Gasteiger partial charge in [0.05, 0.1) is 25.9 Å². The van der Waals surface area contributed by atoms with Gasteiger partial charge in [0.15, 0.2) is 0 Å². The maximum Gasteiger partial charge on any atom is 0.223 e. The normalized spacial score (nSPS) is 12.1. The smallest absolute Gasteiger partial charge is 0.223 e. The highest BCUT2D eigenvalue weighted by Crippen LogP contribution is 2.30. The highest BCUT2D eigenvalue weighted by Gasteiger charge is 2.18. The molecular weight excluding hydrogens is 260 g/mol. The van der Waals surface area contributed by atoms with Gasteiger partial charge in [-0.3, -0.25) is 10.1 Å². The van der Waals surface area contributed by atoms with E-state index < -0.39 is 0 Å². The third-order valence-corrected chi connectivity index (χ3v) is 2.89. The molecule has 6 nitrogen and oxygen atoms in total. The zero-order valence-corrected chi connectivity index (χ0v) is 12.4. The Bertz CT molecular complexity index is 449. The maximum absolute atomic E-state index is 10.8. The van der Waals surface area contributed by atoms with Gasteiger partial charge in [0.2, 0.25) is 6.54 Å². The van der Waals surface area contributed by atoms with Crippen molar-refractivity contribution in [3.8, 4) is 11.5 Å². The first-order chi connectivity index (χ1) is 9.46. The van der Waals surface area contributed by atoms with Crippen LogP contribution < -0.4 is 14.8 Å². The first-order valence-corrected chi connectivity index (χ1v) is 6.56. The van der Waals surface area contributed by atoms with E-state index in [2.05, 4.69) is 5.32 Å². The van der Waals surface area contributed by atoms with Crippen LogP contribution >= 0.6 is 0 Å². The van der Waals surface area contributed by atoms with E-state index in [9.17, 15) is 10.1 Å². The van der Waals surface area contributed by atoms with Gasteiger partial charge >= 0.3 is 0 Å². The van der Waals surface area contributed by atoms with Crippen molar-refractivity contribution in [3.63, 3.8) is 0 Å². The van der Waals surface area contributed by atoms with Crippen molar-refractivity contribution in [1.29, 1.82) is 0 Å². The average molecular weight is 282 g/mol. The van der Waals surface area contributed by atoms with Gasteiger partial charge in [-0.1, -0.05) is 13.8 Å². The van der Waals surface area contributed by atoms with Crippen LogP contribution in [-0.4, -0.2) is 31.7 Å². The third-order valence-electron chi connectivity index (χ3n) is 2.89. The van der Waals surface area contributed by atoms with E-state index >= 15 is 0 Å². The number of nitrogens with zero attached hydrogens (tertiary/aromatic N) is 1. The lowest BCUT2D eigenvalue weighted by Crippen LogP contribution is -2.30. The summed E-state index contributed by atoms with van der Waals surface area (Å²) in [7, 11) is 3.14. The summed E-state index contributed by atoms with van der Waals surface area (Å²) in [6.45, 7) is 3.97. The molecule has 0 bridgehead atoms. The summed E-state index contributed by atoms with van der Waals surface area (Å²) in [5, 5.41) is 13.9. The molecule has 6 heteroatoms. The number of rotatable bonds is 8. The minimum absolute atomic E-state index is 0.118. The molecule has 1 rings (SSSR count). The summed E-state index contributed by atoms with van der Waals surface area (Å²) in [5.41, 5.74) is 0.737. The molecule has 0 amide bonds. The highest BCUT2D eigenvalue weighted by molar-refractivity contribution is 5.59. The number of ether oxygens (including phenoxy) is 2. The molecule has 0 aromatic heterocycles. The summed E-state index contributed by atoms with van der Waals surface area (Å²) >= 11 is 0. The number of nitrogens with one attached hydrogen (secondary N) is 1. The average Bonchev–Trinajstić information content (AvgIpc) is 2.37. The molecule has 0 fully saturated rings. The molecule has 1 aromatic carbocycles. The lowest BCUT2D eigenvalue weighted by molar-refractivity contribution is -0.481. The monoisotopic (exact) mass is 282 g/mol. The van der Waals surface area contributed by atoms with E-state index in [1.54, 1.807) is 26.4 Å². The van der Waals surface area contributed by atoms with Crippen molar-refractivity contribution in [3.05, 3.63) is 28.3 Å². The Morgan fingerprint density at radius 1 is 1.30 bits per heavy atom. The predicted octanol–water partition coefficient (Wildman–Crippen LogP) is 2.81. The van der Waals surface area contributed by atoms with Crippen LogP contribution in [0.25, 0.3) is 0 Å². The Labute approximate surface area is 119 Å². The fourth-order valence-electron chi connectivity index (χ4n) is 2.07. The summed E-state index contributed by atoms with van der Waals surface area (Å²) in [4.78, 5) is 10.5. The van der Waals surface area contributed by atoms with Crippen molar-refractivity contribution in [2.24, 2.45) is 5.92 Å². The van der Waals surface area contributed by atoms with Crippen molar-refractivity contribution in [1.82, 2.24) is 0 Å². The largest absolute Gasteiger partial charge is 0.497 e. The second-order valence-corrected chi connectivity index (χ2v) is 5.05. The summed E-state index contributed by atoms with van der Waals surface area (Å²) < 4.78 is 10.4. The lowest BCUT2D eigenvalue weighted by Gasteiger charge is -2.20. The zero-order valence-electron chi connectivity index (χ0n) is 12.4. The minimum Gasteiger partial charge on any atom is -0.497 e. The van der Waals surface area contributed by atoms with Gasteiger partial charge in [-0.15, -0.1) is 0 Å². The number of anilines is 1. The Kier molecular flexibility index (Phi) is 6.09. The Balaban J connectivity index is 2.88. The number of methoxy groups -OCH3 is 2. The fraction of sp³-hybridized carbons (Fsp3) is 0.571. The van der Waals surface area contributed by atoms with Gasteiger partial charge < -0.3 is 14.8 Å². The molecule has 0 aliphatic rings. The first-order valence-electron chi connectivity index (χ1n) is 6.56. The Morgan fingerprint density at radius 2 is 2.00 bits per heavy atom. The minimum atomic E-state index is -0.296. The summed E-state index contributed by atoms with van der Waals surface area (Å²) in [5.74, 6) is 1.67. The van der Waals surface area contributed by atoms with Crippen LogP contribution in [-0.2, 0) is 0 Å². The van der Waals surface area contributed by atoms with Gasteiger partial charge in [0.25, 0.3) is 0 Å². The molecule has 0 saturated carbocycles. The molecule has 0 aliphatic carbocycles. The van der Waals surface area contributed by atoms with Gasteiger partial charge in [-0.2, -0.15) is 0 Å². The second-order valence-electron chi connectivity index (χ2n) is 5.05. The molecule has 112 valence electrons. The molecule has 0 unspecified atom stereocenters. The van der Waals surface area contributed by atoms with Gasteiger partial charge in [-0.25, -0.2) is 0 Å². The van der Waals surface area contributed by atoms with E-state index in [1.807, 2.05) is 19.9 Å². The second kappa shape index (κ2) is 7.57. The molecule has 1 aromatic rings. The standard InChI is InChI=1S/C14H22N2O4/c1-10(2)7-11(9-16(17)18)15-13-6-5-12(19-3)8-14(13)20-4/h5-6,8,10-11,15H,7,9H2,1-4H3/t11-/m0/s1. The van der Waals surface area contributed by atoms with E-state index in [1.165, 1.54) is 0 Å². The molecule has 1 N–H and O–H groups in total. The van der Waals surface area contributed by atoms with Crippen LogP contribution in [0.5, 0.6) is 11.5 Å². The third kappa shape index (κ3) is 4.95. The van der Waals surface area contributed by atoms with Gasteiger partial charge in [0, 0.05) is 11.0 Å². The lowest BCUT2D eigenvalue weighted by atomic mass is 10.0. The topological polar surface area (TPSA) is 73.6 Å². The number of hydrogen-bond acceptors (Lipinski definition) is 5. The van der Waals surface area contributed by atoms with Crippen molar-refractivity contribution >= 4 is 5.69 Å². The molecule has 0 saturated heterocycles. The van der Waals surface area contributed by atoms with Crippen molar-refractivity contribution < 1.29 is 14.4 Å². The van der Waals surface area contributed by atoms with E-state index in [4.69, 9.17) is 9.47 Å². The number of nitro groups is 1. The first kappa shape index (κ1) is 16.1. The van der Waals surface area contributed by atoms with Crippen LogP contribution in [0.1, 0.15) is 20.3 Å². The van der Waals surface area contributed by atoms with E-state index in [-0.39, 0.29) is 17.5 Å². The zero-order chi connectivity index (χ0) is 15.1. The van der Waals surface area contributed by atoms with Crippen molar-refractivity contribution in [2.45, 2.75) is 26.3 Å². The van der Waals surface area contributed by atoms with E-state index in [0.717, 1.165) is 12.1 Å². The van der Waals surface area contributed by atoms with Gasteiger partial charge in [-0.05, 0) is 24.5 Å². The Morgan fingerprint density at radius 3 is 2.50 bits per heavy atom. The summed E-state index contributed by atoms with van der Waals surface area (Å²) in [6, 6.07) is 5.13. The van der Waals surface area contributed by atoms with Crippen LogP contribution in [0.15, 0.2) is 18.2 Å². The highest BCUT2D eigenvalue weighted by atomic mass is 16.6. The van der Waals surface area contributed by atoms with Gasteiger partial charge in [0.1, 0.15) is 11.5 Å². The molecule has 1 atom stereocenters. The number of benzene rings is 1. The predicted molar refractivity (Wildman–Crippen MR) is 78.3 cm³/mol. The van der Waals surface area contributed by atoms with E-state index in [0.29, 0.717) is 17.4 Å². The fourth-order valence-corrected chi connectivity index (χ4v) is 2.07.